The van der Waals surface area contributed by atoms with E-state index in [0.29, 0.717) is 18.7 Å². The van der Waals surface area contributed by atoms with Gasteiger partial charge in [-0.25, -0.2) is 8.42 Å². The van der Waals surface area contributed by atoms with Gasteiger partial charge in [-0.15, -0.1) is 0 Å². The first-order valence-electron chi connectivity index (χ1n) is 13.9. The average Bonchev–Trinajstić information content (AvgIpc) is 2.97. The van der Waals surface area contributed by atoms with Crippen LogP contribution in [0, 0.1) is 0 Å². The average molecular weight is 580 g/mol. The molecule has 0 saturated heterocycles. The van der Waals surface area contributed by atoms with E-state index in [1.54, 1.807) is 19.2 Å². The lowest BCUT2D eigenvalue weighted by atomic mass is 10.0. The molecule has 2 amide bonds. The van der Waals surface area contributed by atoms with E-state index in [4.69, 9.17) is 4.74 Å². The zero-order valence-electron chi connectivity index (χ0n) is 24.2. The van der Waals surface area contributed by atoms with Gasteiger partial charge in [0.05, 0.1) is 19.9 Å². The highest BCUT2D eigenvalue weighted by molar-refractivity contribution is 7.88. The van der Waals surface area contributed by atoms with Crippen LogP contribution in [0.2, 0.25) is 0 Å². The van der Waals surface area contributed by atoms with Crippen LogP contribution in [0.4, 0.5) is 0 Å². The molecule has 0 radical (unpaired) electrons. The quantitative estimate of drug-likeness (QED) is 0.254. The predicted molar refractivity (Wildman–Crippen MR) is 162 cm³/mol. The van der Waals surface area contributed by atoms with Crippen molar-refractivity contribution in [2.75, 3.05) is 26.5 Å². The van der Waals surface area contributed by atoms with E-state index in [9.17, 15) is 18.0 Å². The summed E-state index contributed by atoms with van der Waals surface area (Å²) in [5.41, 5.74) is 2.46. The summed E-state index contributed by atoms with van der Waals surface area (Å²) in [6.45, 7) is 2.39. The second-order valence-electron chi connectivity index (χ2n) is 10.1. The van der Waals surface area contributed by atoms with E-state index in [0.717, 1.165) is 46.5 Å². The molecule has 220 valence electrons. The number of hydrogen-bond acceptors (Lipinski definition) is 5. The highest BCUT2D eigenvalue weighted by Crippen LogP contribution is 2.19. The number of carbonyl (C=O) groups excluding carboxylic acids is 2. The molecule has 0 aliphatic rings. The molecule has 0 aliphatic carbocycles. The van der Waals surface area contributed by atoms with Gasteiger partial charge in [-0.3, -0.25) is 9.59 Å². The van der Waals surface area contributed by atoms with Gasteiger partial charge in [0.1, 0.15) is 11.8 Å². The van der Waals surface area contributed by atoms with Crippen LogP contribution in [0.15, 0.2) is 84.9 Å². The van der Waals surface area contributed by atoms with Crippen molar-refractivity contribution in [3.63, 3.8) is 0 Å². The van der Waals surface area contributed by atoms with E-state index >= 15 is 0 Å². The zero-order valence-corrected chi connectivity index (χ0v) is 25.0. The number of rotatable bonds is 16. The highest BCUT2D eigenvalue weighted by atomic mass is 32.2. The van der Waals surface area contributed by atoms with Crippen LogP contribution in [0.5, 0.6) is 5.75 Å². The summed E-state index contributed by atoms with van der Waals surface area (Å²) in [6, 6.07) is 25.1. The molecule has 0 spiro atoms. The van der Waals surface area contributed by atoms with Gasteiger partial charge in [0.2, 0.25) is 21.8 Å². The third-order valence-corrected chi connectivity index (χ3v) is 8.04. The third kappa shape index (κ3) is 10.3. The van der Waals surface area contributed by atoms with E-state index < -0.39 is 28.5 Å². The lowest BCUT2D eigenvalue weighted by molar-refractivity contribution is -0.141. The summed E-state index contributed by atoms with van der Waals surface area (Å²) in [7, 11) is -2.15. The Morgan fingerprint density at radius 1 is 0.829 bits per heavy atom. The molecule has 1 atom stereocenters. The molecule has 8 nitrogen and oxygen atoms in total. The maximum atomic E-state index is 14.0. The van der Waals surface area contributed by atoms with Crippen molar-refractivity contribution in [3.8, 4) is 5.75 Å². The predicted octanol–water partition coefficient (Wildman–Crippen LogP) is 4.40. The fourth-order valence-electron chi connectivity index (χ4n) is 4.51. The molecule has 9 heteroatoms. The van der Waals surface area contributed by atoms with Crippen molar-refractivity contribution in [2.24, 2.45) is 0 Å². The first-order valence-corrected chi connectivity index (χ1v) is 15.8. The van der Waals surface area contributed by atoms with Crippen molar-refractivity contribution >= 4 is 21.8 Å². The second kappa shape index (κ2) is 15.9. The number of sulfonamides is 1. The van der Waals surface area contributed by atoms with Crippen LogP contribution in [0.25, 0.3) is 0 Å². The molecule has 0 bridgehead atoms. The monoisotopic (exact) mass is 579 g/mol. The smallest absolute Gasteiger partial charge is 0.243 e. The number of nitrogens with one attached hydrogen (secondary N) is 1. The van der Waals surface area contributed by atoms with E-state index in [2.05, 4.69) is 12.2 Å². The third-order valence-electron chi connectivity index (χ3n) is 6.85. The maximum absolute atomic E-state index is 14.0. The summed E-state index contributed by atoms with van der Waals surface area (Å²) in [6.07, 6.45) is 4.24. The number of methoxy groups -OCH3 is 1. The van der Waals surface area contributed by atoms with Crippen LogP contribution in [0.1, 0.15) is 42.9 Å². The molecular formula is C32H41N3O5S. The standard InChI is InChI=1S/C32H41N3O5S/c1-4-5-12-21-33-32(37)30(22-26-13-8-6-9-14-26)35(24-28-17-19-29(40-2)20-18-28)31(36)25-34(41(3,38)39)23-27-15-10-7-11-16-27/h6-11,13-20,30H,4-5,12,21-25H2,1-3H3,(H,33,37). The van der Waals surface area contributed by atoms with Crippen LogP contribution in [-0.2, 0) is 39.1 Å². The van der Waals surface area contributed by atoms with Crippen LogP contribution in [-0.4, -0.2) is 61.9 Å². The fraction of sp³-hybridized carbons (Fsp3) is 0.375. The second-order valence-corrected chi connectivity index (χ2v) is 12.1. The number of unbranched alkanes of at least 4 members (excludes halogenated alkanes) is 2. The van der Waals surface area contributed by atoms with Crippen molar-refractivity contribution in [3.05, 3.63) is 102 Å². The minimum Gasteiger partial charge on any atom is -0.497 e. The van der Waals surface area contributed by atoms with Crippen molar-refractivity contribution < 1.29 is 22.7 Å². The number of benzene rings is 3. The molecule has 0 fully saturated rings. The van der Waals surface area contributed by atoms with E-state index in [1.165, 1.54) is 4.90 Å². The number of nitrogens with zero attached hydrogens (tertiary/aromatic N) is 2. The Morgan fingerprint density at radius 3 is 1.98 bits per heavy atom. The van der Waals surface area contributed by atoms with Gasteiger partial charge in [-0.1, -0.05) is 92.6 Å². The Balaban J connectivity index is 1.96. The number of hydrogen-bond donors (Lipinski definition) is 1. The molecule has 0 aromatic heterocycles. The molecule has 0 saturated carbocycles. The molecule has 1 unspecified atom stereocenters. The normalized spacial score (nSPS) is 12.1. The summed E-state index contributed by atoms with van der Waals surface area (Å²) >= 11 is 0. The molecule has 3 aromatic rings. The Kier molecular flexibility index (Phi) is 12.4. The topological polar surface area (TPSA) is 96.0 Å². The largest absolute Gasteiger partial charge is 0.497 e. The summed E-state index contributed by atoms with van der Waals surface area (Å²) in [5, 5.41) is 3.02. The minimum atomic E-state index is -3.73. The SMILES string of the molecule is CCCCCNC(=O)C(Cc1ccccc1)N(Cc1ccc(OC)cc1)C(=O)CN(Cc1ccccc1)S(C)(=O)=O. The number of amides is 2. The van der Waals surface area contributed by atoms with Crippen molar-refractivity contribution in [1.82, 2.24) is 14.5 Å². The van der Waals surface area contributed by atoms with Gasteiger partial charge in [0.15, 0.2) is 0 Å². The number of carbonyl (C=O) groups is 2. The van der Waals surface area contributed by atoms with Gasteiger partial charge in [0, 0.05) is 26.1 Å². The molecular weight excluding hydrogens is 538 g/mol. The molecule has 3 rings (SSSR count). The Morgan fingerprint density at radius 2 is 1.41 bits per heavy atom. The molecule has 3 aromatic carbocycles. The summed E-state index contributed by atoms with van der Waals surface area (Å²) in [4.78, 5) is 29.2. The first kappa shape index (κ1) is 31.8. The Bertz CT molecular complexity index is 1330. The lowest BCUT2D eigenvalue weighted by Crippen LogP contribution is -2.53. The first-order chi connectivity index (χ1) is 19.7. The molecule has 1 N–H and O–H groups in total. The summed E-state index contributed by atoms with van der Waals surface area (Å²) in [5.74, 6) is -0.0418. The van der Waals surface area contributed by atoms with Gasteiger partial charge in [-0.2, -0.15) is 4.31 Å². The van der Waals surface area contributed by atoms with Gasteiger partial charge < -0.3 is 15.0 Å². The molecule has 0 heterocycles. The van der Waals surface area contributed by atoms with Crippen molar-refractivity contribution in [1.29, 1.82) is 0 Å². The van der Waals surface area contributed by atoms with Gasteiger partial charge in [-0.05, 0) is 35.2 Å². The van der Waals surface area contributed by atoms with Gasteiger partial charge in [0.25, 0.3) is 0 Å². The van der Waals surface area contributed by atoms with Crippen LogP contribution >= 0.6 is 0 Å². The number of ether oxygens (including phenoxy) is 1. The van der Waals surface area contributed by atoms with Crippen LogP contribution in [0.3, 0.4) is 0 Å². The molecule has 0 aliphatic heterocycles. The van der Waals surface area contributed by atoms with E-state index in [1.807, 2.05) is 72.8 Å². The maximum Gasteiger partial charge on any atom is 0.243 e. The Labute approximate surface area is 244 Å². The minimum absolute atomic E-state index is 0.0500. The van der Waals surface area contributed by atoms with Crippen LogP contribution < -0.4 is 10.1 Å². The Hall–Kier alpha value is -3.69. The summed E-state index contributed by atoms with van der Waals surface area (Å²) < 4.78 is 32.0. The lowest BCUT2D eigenvalue weighted by Gasteiger charge is -2.33. The van der Waals surface area contributed by atoms with Crippen molar-refractivity contribution in [2.45, 2.75) is 51.7 Å². The highest BCUT2D eigenvalue weighted by Gasteiger charge is 2.32. The van der Waals surface area contributed by atoms with Gasteiger partial charge >= 0.3 is 0 Å². The zero-order chi connectivity index (χ0) is 29.7. The molecule has 41 heavy (non-hydrogen) atoms. The van der Waals surface area contributed by atoms with E-state index in [-0.39, 0.29) is 19.0 Å². The fourth-order valence-corrected chi connectivity index (χ4v) is 5.23.